The number of aliphatic hydroxyl groups excluding tert-OH is 1. The van der Waals surface area contributed by atoms with Gasteiger partial charge in [-0.1, -0.05) is 0 Å². The van der Waals surface area contributed by atoms with Crippen LogP contribution in [0.5, 0.6) is 0 Å². The van der Waals surface area contributed by atoms with E-state index in [1.165, 1.54) is 0 Å². The number of aromatic nitrogens is 2. The maximum Gasteiger partial charge on any atom is 0.0688 e. The summed E-state index contributed by atoms with van der Waals surface area (Å²) < 4.78 is 0. The molecule has 1 atom stereocenters. The lowest BCUT2D eigenvalue weighted by atomic mass is 9.99. The third-order valence-corrected chi connectivity index (χ3v) is 2.34. The van der Waals surface area contributed by atoms with Crippen LogP contribution in [0, 0.1) is 0 Å². The predicted molar refractivity (Wildman–Crippen MR) is 51.2 cm³/mol. The van der Waals surface area contributed by atoms with E-state index in [-0.39, 0.29) is 11.6 Å². The van der Waals surface area contributed by atoms with E-state index in [1.807, 2.05) is 19.9 Å². The van der Waals surface area contributed by atoms with Gasteiger partial charge in [-0.25, -0.2) is 0 Å². The Hall–Kier alpha value is -0.870. The van der Waals surface area contributed by atoms with Gasteiger partial charge in [0, 0.05) is 24.0 Å². The molecule has 0 bridgehead atoms. The second-order valence-electron chi connectivity index (χ2n) is 3.83. The minimum atomic E-state index is -0.379. The Morgan fingerprint density at radius 2 is 2.38 bits per heavy atom. The quantitative estimate of drug-likeness (QED) is 0.642. The molecule has 0 radical (unpaired) electrons. The summed E-state index contributed by atoms with van der Waals surface area (Å²) in [7, 11) is 0. The normalized spacial score (nSPS) is 14.5. The zero-order valence-electron chi connectivity index (χ0n) is 8.33. The van der Waals surface area contributed by atoms with Crippen molar-refractivity contribution in [1.82, 2.24) is 15.5 Å². The van der Waals surface area contributed by atoms with E-state index in [0.717, 1.165) is 5.69 Å². The van der Waals surface area contributed by atoms with Gasteiger partial charge in [-0.2, -0.15) is 5.10 Å². The Balaban J connectivity index is 2.42. The van der Waals surface area contributed by atoms with Gasteiger partial charge in [-0.3, -0.25) is 5.10 Å². The Kier molecular flexibility index (Phi) is 3.06. The fraction of sp³-hybridized carbons (Fsp3) is 0.667. The highest BCUT2D eigenvalue weighted by Crippen LogP contribution is 2.08. The molecular formula is C9H17N3O. The average molecular weight is 183 g/mol. The van der Waals surface area contributed by atoms with Crippen molar-refractivity contribution in [2.45, 2.75) is 39.0 Å². The number of hydrogen-bond acceptors (Lipinski definition) is 3. The first-order valence-electron chi connectivity index (χ1n) is 4.44. The summed E-state index contributed by atoms with van der Waals surface area (Å²) in [5.41, 5.74) is 0.749. The first-order valence-corrected chi connectivity index (χ1v) is 4.44. The zero-order chi connectivity index (χ0) is 9.90. The van der Waals surface area contributed by atoms with Crippen molar-refractivity contribution < 1.29 is 5.11 Å². The van der Waals surface area contributed by atoms with Crippen LogP contribution in [0.2, 0.25) is 0 Å². The molecule has 1 rings (SSSR count). The van der Waals surface area contributed by atoms with Crippen molar-refractivity contribution in [3.63, 3.8) is 0 Å². The van der Waals surface area contributed by atoms with Gasteiger partial charge < -0.3 is 10.4 Å². The number of aliphatic hydroxyl groups is 1. The number of nitrogens with one attached hydrogen (secondary N) is 2. The Bertz CT molecular complexity index is 241. The van der Waals surface area contributed by atoms with Gasteiger partial charge in [-0.15, -0.1) is 0 Å². The average Bonchev–Trinajstić information content (AvgIpc) is 2.52. The molecule has 0 saturated heterocycles. The predicted octanol–water partition coefficient (Wildman–Crippen LogP) is 0.659. The van der Waals surface area contributed by atoms with E-state index in [2.05, 4.69) is 15.5 Å². The molecular weight excluding hydrogens is 166 g/mol. The summed E-state index contributed by atoms with van der Waals surface area (Å²) >= 11 is 0. The monoisotopic (exact) mass is 183 g/mol. The van der Waals surface area contributed by atoms with Crippen LogP contribution in [-0.2, 0) is 6.54 Å². The van der Waals surface area contributed by atoms with Crippen molar-refractivity contribution >= 4 is 0 Å². The van der Waals surface area contributed by atoms with E-state index >= 15 is 0 Å². The molecule has 4 heteroatoms. The highest BCUT2D eigenvalue weighted by molar-refractivity contribution is 4.98. The molecule has 0 aromatic carbocycles. The third-order valence-electron chi connectivity index (χ3n) is 2.34. The highest BCUT2D eigenvalue weighted by atomic mass is 16.3. The summed E-state index contributed by atoms with van der Waals surface area (Å²) in [4.78, 5) is 0. The van der Waals surface area contributed by atoms with Gasteiger partial charge in [-0.05, 0) is 26.8 Å². The molecule has 0 aliphatic carbocycles. The second-order valence-corrected chi connectivity index (χ2v) is 3.83. The molecule has 0 saturated carbocycles. The van der Waals surface area contributed by atoms with E-state index in [9.17, 15) is 5.11 Å². The Morgan fingerprint density at radius 3 is 2.85 bits per heavy atom. The summed E-state index contributed by atoms with van der Waals surface area (Å²) in [6.07, 6.45) is 1.34. The van der Waals surface area contributed by atoms with Crippen molar-refractivity contribution in [2.24, 2.45) is 0 Å². The number of rotatable bonds is 4. The summed E-state index contributed by atoms with van der Waals surface area (Å²) in [6.45, 7) is 6.40. The fourth-order valence-corrected chi connectivity index (χ4v) is 0.854. The number of aromatic amines is 1. The van der Waals surface area contributed by atoms with Crippen LogP contribution in [0.3, 0.4) is 0 Å². The Morgan fingerprint density at radius 1 is 1.69 bits per heavy atom. The number of H-pyrrole nitrogens is 1. The maximum absolute atomic E-state index is 9.42. The SMILES string of the molecule is CC(O)C(C)(C)NCc1ccn[nH]1. The van der Waals surface area contributed by atoms with Gasteiger partial charge in [0.1, 0.15) is 0 Å². The molecule has 1 aromatic heterocycles. The van der Waals surface area contributed by atoms with Crippen LogP contribution in [0.15, 0.2) is 12.3 Å². The second kappa shape index (κ2) is 3.89. The van der Waals surface area contributed by atoms with Gasteiger partial charge in [0.05, 0.1) is 6.10 Å². The minimum absolute atomic E-state index is 0.273. The van der Waals surface area contributed by atoms with Crippen LogP contribution in [0.25, 0.3) is 0 Å². The van der Waals surface area contributed by atoms with Gasteiger partial charge in [0.15, 0.2) is 0 Å². The van der Waals surface area contributed by atoms with E-state index in [4.69, 9.17) is 0 Å². The smallest absolute Gasteiger partial charge is 0.0688 e. The molecule has 1 aromatic rings. The number of nitrogens with zero attached hydrogens (tertiary/aromatic N) is 1. The molecule has 0 aliphatic rings. The van der Waals surface area contributed by atoms with E-state index in [1.54, 1.807) is 13.1 Å². The topological polar surface area (TPSA) is 60.9 Å². The molecule has 0 amide bonds. The first-order chi connectivity index (χ1) is 6.02. The van der Waals surface area contributed by atoms with Crippen molar-refractivity contribution in [3.8, 4) is 0 Å². The molecule has 4 nitrogen and oxygen atoms in total. The van der Waals surface area contributed by atoms with Crippen LogP contribution in [-0.4, -0.2) is 26.9 Å². The van der Waals surface area contributed by atoms with Crippen LogP contribution < -0.4 is 5.32 Å². The summed E-state index contributed by atoms with van der Waals surface area (Å²) in [6, 6.07) is 1.91. The molecule has 1 heterocycles. The molecule has 0 spiro atoms. The Labute approximate surface area is 78.4 Å². The molecule has 3 N–H and O–H groups in total. The molecule has 0 aliphatic heterocycles. The molecule has 1 unspecified atom stereocenters. The maximum atomic E-state index is 9.42. The molecule has 13 heavy (non-hydrogen) atoms. The van der Waals surface area contributed by atoms with Crippen LogP contribution in [0.4, 0.5) is 0 Å². The van der Waals surface area contributed by atoms with E-state index < -0.39 is 0 Å². The van der Waals surface area contributed by atoms with Crippen LogP contribution in [0.1, 0.15) is 26.5 Å². The van der Waals surface area contributed by atoms with Gasteiger partial charge >= 0.3 is 0 Å². The summed E-state index contributed by atoms with van der Waals surface area (Å²) in [5.74, 6) is 0. The lowest BCUT2D eigenvalue weighted by Crippen LogP contribution is -2.47. The van der Waals surface area contributed by atoms with Crippen molar-refractivity contribution in [3.05, 3.63) is 18.0 Å². The zero-order valence-corrected chi connectivity index (χ0v) is 8.33. The standard InChI is InChI=1S/C9H17N3O/c1-7(13)9(2,3)10-6-8-4-5-11-12-8/h4-5,7,10,13H,6H2,1-3H3,(H,11,12). The third kappa shape index (κ3) is 2.82. The van der Waals surface area contributed by atoms with Gasteiger partial charge in [0.2, 0.25) is 0 Å². The summed E-state index contributed by atoms with van der Waals surface area (Å²) in [5, 5.41) is 19.4. The molecule has 74 valence electrons. The molecule has 0 fully saturated rings. The van der Waals surface area contributed by atoms with Crippen LogP contribution >= 0.6 is 0 Å². The highest BCUT2D eigenvalue weighted by Gasteiger charge is 2.22. The van der Waals surface area contributed by atoms with Crippen molar-refractivity contribution in [1.29, 1.82) is 0 Å². The fourth-order valence-electron chi connectivity index (χ4n) is 0.854. The number of hydrogen-bond donors (Lipinski definition) is 3. The first kappa shape index (κ1) is 10.2. The minimum Gasteiger partial charge on any atom is -0.392 e. The lowest BCUT2D eigenvalue weighted by Gasteiger charge is -2.29. The van der Waals surface area contributed by atoms with Gasteiger partial charge in [0.25, 0.3) is 0 Å². The largest absolute Gasteiger partial charge is 0.392 e. The van der Waals surface area contributed by atoms with Crippen molar-refractivity contribution in [2.75, 3.05) is 0 Å². The lowest BCUT2D eigenvalue weighted by molar-refractivity contribution is 0.0954. The van der Waals surface area contributed by atoms with E-state index in [0.29, 0.717) is 6.54 Å².